The Hall–Kier alpha value is -3.14. The largest absolute Gasteiger partial charge is 0.506 e. The van der Waals surface area contributed by atoms with Crippen molar-refractivity contribution in [3.05, 3.63) is 58.7 Å². The van der Waals surface area contributed by atoms with Crippen LogP contribution in [0, 0.1) is 5.92 Å². The molecule has 2 heterocycles. The Balaban J connectivity index is 0.00000442. The normalized spacial score (nSPS) is 23.2. The van der Waals surface area contributed by atoms with Gasteiger partial charge < -0.3 is 20.8 Å². The predicted molar refractivity (Wildman–Crippen MR) is 173 cm³/mol. The molecule has 0 spiro atoms. The minimum absolute atomic E-state index is 0. The second-order valence-electron chi connectivity index (χ2n) is 11.7. The lowest BCUT2D eigenvalue weighted by atomic mass is 9.64. The zero-order valence-electron chi connectivity index (χ0n) is 24.5. The van der Waals surface area contributed by atoms with Crippen LogP contribution in [0.1, 0.15) is 56.2 Å². The van der Waals surface area contributed by atoms with E-state index in [1.165, 1.54) is 18.2 Å². The molecule has 12 nitrogen and oxygen atoms in total. The second-order valence-corrected chi connectivity index (χ2v) is 15.1. The van der Waals surface area contributed by atoms with Gasteiger partial charge >= 0.3 is 5.97 Å². The fraction of sp³-hybridized carbons (Fsp3) is 0.414. The van der Waals surface area contributed by atoms with E-state index in [0.29, 0.717) is 18.4 Å². The number of carbonyl (C=O) groups is 2. The van der Waals surface area contributed by atoms with Crippen molar-refractivity contribution in [3.63, 3.8) is 0 Å². The molecule has 1 saturated heterocycles. The van der Waals surface area contributed by atoms with Gasteiger partial charge in [-0.1, -0.05) is 42.8 Å². The third-order valence-electron chi connectivity index (χ3n) is 8.08. The van der Waals surface area contributed by atoms with Gasteiger partial charge in [-0.3, -0.25) is 23.4 Å². The zero-order chi connectivity index (χ0) is 31.3. The average molecular weight is 669 g/mol. The summed E-state index contributed by atoms with van der Waals surface area (Å²) < 4.78 is 51.9. The average Bonchev–Trinajstić information content (AvgIpc) is 3.41. The van der Waals surface area contributed by atoms with E-state index in [4.69, 9.17) is 0 Å². The van der Waals surface area contributed by atoms with Crippen molar-refractivity contribution in [2.24, 2.45) is 10.3 Å². The van der Waals surface area contributed by atoms with Crippen LogP contribution in [-0.4, -0.2) is 64.2 Å². The number of Topliss-reactive ketones (excluding diaryl/α,β-unsaturated/α-hetero) is 1. The number of amidine groups is 1. The van der Waals surface area contributed by atoms with Crippen molar-refractivity contribution >= 4 is 67.9 Å². The van der Waals surface area contributed by atoms with E-state index < -0.39 is 49.3 Å². The predicted octanol–water partition coefficient (Wildman–Crippen LogP) is 4.93. The number of hydrogen-bond acceptors (Lipinski definition) is 10. The molecule has 15 heteroatoms. The van der Waals surface area contributed by atoms with Crippen LogP contribution in [0.25, 0.3) is 5.76 Å². The summed E-state index contributed by atoms with van der Waals surface area (Å²) in [5.41, 5.74) is -1.25. The first kappa shape index (κ1) is 33.7. The number of aliphatic carboxylic acids is 1. The first-order valence-electron chi connectivity index (χ1n) is 14.0. The molecule has 2 aromatic rings. The first-order valence-corrected chi connectivity index (χ1v) is 17.4. The molecule has 0 radical (unpaired) electrons. The Bertz CT molecular complexity index is 1670. The van der Waals surface area contributed by atoms with Crippen LogP contribution in [0.5, 0.6) is 0 Å². The molecule has 1 unspecified atom stereocenters. The highest BCUT2D eigenvalue weighted by atomic mass is 35.5. The van der Waals surface area contributed by atoms with E-state index in [1.54, 1.807) is 18.2 Å². The lowest BCUT2D eigenvalue weighted by Crippen LogP contribution is -2.50. The third-order valence-corrected chi connectivity index (χ3v) is 10.0. The number of anilines is 2. The number of nitrogens with one attached hydrogen (secondary N) is 3. The molecule has 1 fully saturated rings. The number of aliphatic hydroxyl groups excluding tert-OH is 1. The van der Waals surface area contributed by atoms with Crippen LogP contribution in [-0.2, 0) is 31.4 Å². The lowest BCUT2D eigenvalue weighted by Gasteiger charge is -2.39. The molecule has 2 atom stereocenters. The number of ketones is 1. The Labute approximate surface area is 264 Å². The number of carbonyl (C=O) groups excluding carboxylic acids is 1. The number of benzene rings is 2. The standard InChI is InChI=1S/C29H36N4O8S2.ClH/c1-16(2)11-12-29(28(36)37)20-8-4-6-17(14-18-7-5-13-30-18)23(20)25(34)24(26(29)35)27-31-21-10-9-19(32-42(3,38)39)15-22(21)43(40,41)33-27;/h4,6,8-10,15-16,18,30,32,34,40-41H,5,7,11-14H2,1-3H3,(H,31,33)(H,36,37);1H/t18?,29-;/m0./s1. The molecule has 0 saturated carbocycles. The van der Waals surface area contributed by atoms with E-state index in [2.05, 4.69) is 19.8 Å². The number of carboxylic acid groups (broad SMARTS) is 1. The molecule has 44 heavy (non-hydrogen) atoms. The molecule has 0 aromatic heterocycles. The molecule has 240 valence electrons. The molecule has 2 aromatic carbocycles. The number of aliphatic hydroxyl groups is 1. The molecular weight excluding hydrogens is 632 g/mol. The lowest BCUT2D eigenvalue weighted by molar-refractivity contribution is -0.148. The number of halogens is 1. The summed E-state index contributed by atoms with van der Waals surface area (Å²) in [6, 6.07) is 9.14. The van der Waals surface area contributed by atoms with Gasteiger partial charge in [0.25, 0.3) is 0 Å². The van der Waals surface area contributed by atoms with E-state index in [-0.39, 0.29) is 64.0 Å². The monoisotopic (exact) mass is 668 g/mol. The van der Waals surface area contributed by atoms with Gasteiger partial charge in [-0.25, -0.2) is 8.42 Å². The van der Waals surface area contributed by atoms with Gasteiger partial charge in [-0.05, 0) is 73.9 Å². The summed E-state index contributed by atoms with van der Waals surface area (Å²) in [6.45, 7) is 4.69. The van der Waals surface area contributed by atoms with Crippen molar-refractivity contribution in [2.45, 2.75) is 62.3 Å². The molecule has 3 aliphatic rings. The smallest absolute Gasteiger partial charge is 0.322 e. The maximum Gasteiger partial charge on any atom is 0.322 e. The van der Waals surface area contributed by atoms with Gasteiger partial charge in [0.1, 0.15) is 16.2 Å². The molecule has 5 rings (SSSR count). The van der Waals surface area contributed by atoms with Crippen LogP contribution >= 0.6 is 23.2 Å². The highest BCUT2D eigenvalue weighted by Gasteiger charge is 2.55. The third kappa shape index (κ3) is 6.19. The van der Waals surface area contributed by atoms with E-state index >= 15 is 0 Å². The topological polar surface area (TPSA) is 198 Å². The van der Waals surface area contributed by atoms with Gasteiger partial charge in [0.15, 0.2) is 17.0 Å². The number of nitrogens with zero attached hydrogens (tertiary/aromatic N) is 1. The fourth-order valence-corrected chi connectivity index (χ4v) is 7.77. The molecular formula is C29H37ClN4O8S2. The van der Waals surface area contributed by atoms with Gasteiger partial charge in [-0.2, -0.15) is 0 Å². The summed E-state index contributed by atoms with van der Waals surface area (Å²) in [5.74, 6) is -3.09. The summed E-state index contributed by atoms with van der Waals surface area (Å²) in [5, 5.41) is 28.8. The summed E-state index contributed by atoms with van der Waals surface area (Å²) in [7, 11) is -7.68. The minimum Gasteiger partial charge on any atom is -0.506 e. The van der Waals surface area contributed by atoms with Gasteiger partial charge in [0, 0.05) is 11.6 Å². The van der Waals surface area contributed by atoms with Crippen molar-refractivity contribution in [3.8, 4) is 0 Å². The molecule has 0 amide bonds. The first-order chi connectivity index (χ1) is 20.1. The molecule has 2 aliphatic heterocycles. The number of sulfonamides is 1. The Kier molecular flexibility index (Phi) is 9.46. The van der Waals surface area contributed by atoms with Crippen LogP contribution in [0.2, 0.25) is 0 Å². The molecule has 0 bridgehead atoms. The molecule has 7 N–H and O–H groups in total. The second kappa shape index (κ2) is 12.3. The van der Waals surface area contributed by atoms with Crippen molar-refractivity contribution in [1.82, 2.24) is 5.32 Å². The zero-order valence-corrected chi connectivity index (χ0v) is 26.9. The van der Waals surface area contributed by atoms with E-state index in [0.717, 1.165) is 25.6 Å². The number of carboxylic acids is 1. The Morgan fingerprint density at radius 3 is 2.57 bits per heavy atom. The Morgan fingerprint density at radius 2 is 1.95 bits per heavy atom. The number of rotatable bonds is 9. The van der Waals surface area contributed by atoms with E-state index in [1.807, 2.05) is 13.8 Å². The van der Waals surface area contributed by atoms with Gasteiger partial charge in [0.2, 0.25) is 10.0 Å². The van der Waals surface area contributed by atoms with Crippen molar-refractivity contribution in [2.75, 3.05) is 22.8 Å². The van der Waals surface area contributed by atoms with E-state index in [9.17, 15) is 37.3 Å². The highest BCUT2D eigenvalue weighted by molar-refractivity contribution is 8.23. The summed E-state index contributed by atoms with van der Waals surface area (Å²) in [6.07, 6.45) is 3.67. The minimum atomic E-state index is -4.02. The maximum atomic E-state index is 14.4. The fourth-order valence-electron chi connectivity index (χ4n) is 6.03. The van der Waals surface area contributed by atoms with Crippen molar-refractivity contribution < 1.29 is 37.3 Å². The van der Waals surface area contributed by atoms with Gasteiger partial charge in [-0.15, -0.1) is 16.8 Å². The Morgan fingerprint density at radius 1 is 1.23 bits per heavy atom. The van der Waals surface area contributed by atoms with Crippen LogP contribution < -0.4 is 15.4 Å². The quantitative estimate of drug-likeness (QED) is 0.180. The highest BCUT2D eigenvalue weighted by Crippen LogP contribution is 2.57. The number of hydrogen-bond donors (Lipinski definition) is 7. The van der Waals surface area contributed by atoms with Crippen LogP contribution in [0.3, 0.4) is 0 Å². The van der Waals surface area contributed by atoms with Gasteiger partial charge in [0.05, 0.1) is 17.6 Å². The SMILES string of the molecule is CC(C)CC[C@@]1(C(=O)O)C(=O)C(C2=NS(O)(O)c3cc(NS(C)(=O)=O)ccc3N2)=C(O)c2c(CC3CCCN3)cccc21.Cl. The van der Waals surface area contributed by atoms with Crippen molar-refractivity contribution in [1.29, 1.82) is 0 Å². The summed E-state index contributed by atoms with van der Waals surface area (Å²) in [4.78, 5) is 27.5. The number of fused-ring (bicyclic) bond motifs is 2. The summed E-state index contributed by atoms with van der Waals surface area (Å²) >= 11 is 0. The van der Waals surface area contributed by atoms with Crippen LogP contribution in [0.4, 0.5) is 11.4 Å². The van der Waals surface area contributed by atoms with Crippen LogP contribution in [0.15, 0.2) is 51.3 Å². The maximum absolute atomic E-state index is 14.4. The molecule has 1 aliphatic carbocycles.